The van der Waals surface area contributed by atoms with Gasteiger partial charge in [-0.25, -0.2) is 0 Å². The van der Waals surface area contributed by atoms with Gasteiger partial charge in [0.05, 0.1) is 0 Å². The Kier molecular flexibility index (Phi) is 2.64. The first-order chi connectivity index (χ1) is 7.59. The zero-order valence-corrected chi connectivity index (χ0v) is 11.1. The summed E-state index contributed by atoms with van der Waals surface area (Å²) in [6.45, 7) is 6.40. The van der Waals surface area contributed by atoms with Crippen molar-refractivity contribution in [2.24, 2.45) is 14.1 Å². The lowest BCUT2D eigenvalue weighted by atomic mass is 10.7. The van der Waals surface area contributed by atoms with Crippen LogP contribution in [0.1, 0.15) is 0 Å². The van der Waals surface area contributed by atoms with Gasteiger partial charge in [0.2, 0.25) is 0 Å². The van der Waals surface area contributed by atoms with Crippen molar-refractivity contribution in [2.75, 3.05) is 0 Å². The molecule has 0 bridgehead atoms. The molecule has 0 atom stereocenters. The highest BCUT2D eigenvalue weighted by Gasteiger charge is 2.32. The summed E-state index contributed by atoms with van der Waals surface area (Å²) in [5.74, 6) is 0. The third-order valence-corrected chi connectivity index (χ3v) is 7.34. The molecule has 2 nitrogen and oxygen atoms in total. The summed E-state index contributed by atoms with van der Waals surface area (Å²) in [5.41, 5.74) is 2.15. The molecular weight excluding hydrogens is 212 g/mol. The lowest BCUT2D eigenvalue weighted by Gasteiger charge is -2.25. The summed E-state index contributed by atoms with van der Waals surface area (Å²) in [7, 11) is 2.44. The van der Waals surface area contributed by atoms with Crippen LogP contribution in [0.4, 0.5) is 0 Å². The second-order valence-corrected chi connectivity index (χ2v) is 8.25. The Balaban J connectivity index is 2.61. The van der Waals surface area contributed by atoms with E-state index >= 15 is 0 Å². The van der Waals surface area contributed by atoms with Gasteiger partial charge in [-0.15, -0.1) is 6.58 Å². The zero-order chi connectivity index (χ0) is 11.8. The summed E-state index contributed by atoms with van der Waals surface area (Å²) in [6.07, 6.45) is 4.21. The van der Waals surface area contributed by atoms with Gasteiger partial charge in [0, 0.05) is 37.1 Å². The Morgan fingerprint density at radius 3 is 1.75 bits per heavy atom. The highest BCUT2D eigenvalue weighted by atomic mass is 28.3. The van der Waals surface area contributed by atoms with Crippen molar-refractivity contribution in [3.63, 3.8) is 0 Å². The van der Waals surface area contributed by atoms with Crippen molar-refractivity contribution in [2.45, 2.75) is 6.55 Å². The molecule has 0 amide bonds. The van der Waals surface area contributed by atoms with Crippen LogP contribution in [0.3, 0.4) is 0 Å². The normalized spacial score (nSPS) is 11.7. The maximum Gasteiger partial charge on any atom is 0.177 e. The molecule has 2 aromatic heterocycles. The third-order valence-electron chi connectivity index (χ3n) is 3.36. The number of aryl methyl sites for hydroxylation is 2. The SMILES string of the molecule is C=C[Si](C)(c1cccn1C)c1cccn1C. The smallest absolute Gasteiger partial charge is 0.177 e. The molecule has 2 aromatic rings. The van der Waals surface area contributed by atoms with Gasteiger partial charge in [-0.3, -0.25) is 0 Å². The third kappa shape index (κ3) is 1.48. The first-order valence-corrected chi connectivity index (χ1v) is 8.04. The van der Waals surface area contributed by atoms with Crippen LogP contribution in [-0.4, -0.2) is 17.2 Å². The summed E-state index contributed by atoms with van der Waals surface area (Å²) in [5, 5.41) is 2.79. The van der Waals surface area contributed by atoms with Gasteiger partial charge in [0.25, 0.3) is 0 Å². The van der Waals surface area contributed by atoms with E-state index in [9.17, 15) is 0 Å². The van der Waals surface area contributed by atoms with Crippen LogP contribution in [0, 0.1) is 0 Å². The lowest BCUT2D eigenvalue weighted by molar-refractivity contribution is 0.940. The molecule has 0 aliphatic heterocycles. The zero-order valence-electron chi connectivity index (χ0n) is 10.1. The van der Waals surface area contributed by atoms with Crippen LogP contribution in [0.5, 0.6) is 0 Å². The first-order valence-electron chi connectivity index (χ1n) is 5.47. The van der Waals surface area contributed by atoms with Crippen molar-refractivity contribution in [1.29, 1.82) is 0 Å². The molecule has 0 unspecified atom stereocenters. The van der Waals surface area contributed by atoms with Gasteiger partial charge >= 0.3 is 0 Å². The van der Waals surface area contributed by atoms with Crippen LogP contribution in [0.15, 0.2) is 48.9 Å². The van der Waals surface area contributed by atoms with Crippen LogP contribution in [0.25, 0.3) is 0 Å². The van der Waals surface area contributed by atoms with Crippen molar-refractivity contribution in [3.8, 4) is 0 Å². The fourth-order valence-electron chi connectivity index (χ4n) is 2.34. The van der Waals surface area contributed by atoms with E-state index in [1.54, 1.807) is 0 Å². The molecular formula is C13H18N2Si. The fourth-order valence-corrected chi connectivity index (χ4v) is 5.52. The molecule has 2 heterocycles. The largest absolute Gasteiger partial charge is 0.357 e. The minimum atomic E-state index is -1.77. The van der Waals surface area contributed by atoms with E-state index in [-0.39, 0.29) is 0 Å². The van der Waals surface area contributed by atoms with Crippen molar-refractivity contribution in [3.05, 3.63) is 48.9 Å². The molecule has 16 heavy (non-hydrogen) atoms. The summed E-state index contributed by atoms with van der Waals surface area (Å²) in [4.78, 5) is 0. The van der Waals surface area contributed by atoms with E-state index in [4.69, 9.17) is 0 Å². The van der Waals surface area contributed by atoms with E-state index in [1.165, 1.54) is 10.6 Å². The number of hydrogen-bond donors (Lipinski definition) is 0. The van der Waals surface area contributed by atoms with Crippen LogP contribution < -0.4 is 10.6 Å². The van der Waals surface area contributed by atoms with E-state index in [2.05, 4.69) is 78.7 Å². The van der Waals surface area contributed by atoms with Gasteiger partial charge < -0.3 is 9.13 Å². The molecule has 0 fully saturated rings. The second kappa shape index (κ2) is 3.83. The Morgan fingerprint density at radius 1 is 1.06 bits per heavy atom. The van der Waals surface area contributed by atoms with Crippen LogP contribution in [0.2, 0.25) is 6.55 Å². The predicted octanol–water partition coefficient (Wildman–Crippen LogP) is 1.28. The molecule has 84 valence electrons. The fraction of sp³-hybridized carbons (Fsp3) is 0.231. The van der Waals surface area contributed by atoms with Crippen molar-refractivity contribution < 1.29 is 0 Å². The molecule has 2 rings (SSSR count). The molecule has 0 aliphatic carbocycles. The van der Waals surface area contributed by atoms with Gasteiger partial charge in [-0.05, 0) is 24.3 Å². The second-order valence-electron chi connectivity index (χ2n) is 4.42. The van der Waals surface area contributed by atoms with Crippen LogP contribution >= 0.6 is 0 Å². The summed E-state index contributed by atoms with van der Waals surface area (Å²) in [6, 6.07) is 8.63. The monoisotopic (exact) mass is 230 g/mol. The van der Waals surface area contributed by atoms with Crippen molar-refractivity contribution >= 4 is 18.7 Å². The van der Waals surface area contributed by atoms with Crippen LogP contribution in [-0.2, 0) is 14.1 Å². The van der Waals surface area contributed by atoms with Gasteiger partial charge in [0.1, 0.15) is 0 Å². The Morgan fingerprint density at radius 2 is 1.50 bits per heavy atom. The topological polar surface area (TPSA) is 9.86 Å². The molecule has 3 heteroatoms. The summed E-state index contributed by atoms with van der Waals surface area (Å²) >= 11 is 0. The molecule has 0 N–H and O–H groups in total. The Labute approximate surface area is 97.8 Å². The number of rotatable bonds is 3. The van der Waals surface area contributed by atoms with Crippen molar-refractivity contribution in [1.82, 2.24) is 9.13 Å². The highest BCUT2D eigenvalue weighted by molar-refractivity contribution is 7.04. The molecule has 0 saturated carbocycles. The molecule has 0 aliphatic rings. The maximum absolute atomic E-state index is 4.06. The van der Waals surface area contributed by atoms with E-state index in [1.807, 2.05) is 0 Å². The number of hydrogen-bond acceptors (Lipinski definition) is 0. The quantitative estimate of drug-likeness (QED) is 0.703. The van der Waals surface area contributed by atoms with E-state index in [0.717, 1.165) is 0 Å². The van der Waals surface area contributed by atoms with E-state index < -0.39 is 8.07 Å². The average molecular weight is 230 g/mol. The number of aromatic nitrogens is 2. The maximum atomic E-state index is 4.06. The van der Waals surface area contributed by atoms with Gasteiger partial charge in [0.15, 0.2) is 8.07 Å². The first kappa shape index (κ1) is 11.0. The van der Waals surface area contributed by atoms with Gasteiger partial charge in [-0.1, -0.05) is 12.2 Å². The van der Waals surface area contributed by atoms with Gasteiger partial charge in [-0.2, -0.15) is 0 Å². The standard InChI is InChI=1S/C13H18N2Si/c1-5-16(4,12-8-6-10-14(12)2)13-9-7-11-15(13)3/h5-11H,1H2,2-4H3. The molecule has 0 aromatic carbocycles. The average Bonchev–Trinajstić information content (AvgIpc) is 2.86. The molecule has 0 spiro atoms. The minimum Gasteiger partial charge on any atom is -0.357 e. The lowest BCUT2D eigenvalue weighted by Crippen LogP contribution is -2.58. The molecule has 0 saturated heterocycles. The predicted molar refractivity (Wildman–Crippen MR) is 71.9 cm³/mol. The summed E-state index contributed by atoms with van der Waals surface area (Å²) < 4.78 is 4.42. The molecule has 0 radical (unpaired) electrons. The minimum absolute atomic E-state index is 1.39. The Hall–Kier alpha value is -1.48. The number of nitrogens with zero attached hydrogens (tertiary/aromatic N) is 2. The highest BCUT2D eigenvalue weighted by Crippen LogP contribution is 2.06. The Bertz CT molecular complexity index is 467. The van der Waals surface area contributed by atoms with E-state index in [0.29, 0.717) is 0 Å².